The molecule has 0 atom stereocenters. The fraction of sp³-hybridized carbons (Fsp3) is 0.231. The second-order valence-corrected chi connectivity index (χ2v) is 5.84. The van der Waals surface area contributed by atoms with Gasteiger partial charge in [0, 0.05) is 0 Å². The van der Waals surface area contributed by atoms with E-state index in [-0.39, 0.29) is 26.3 Å². The van der Waals surface area contributed by atoms with E-state index < -0.39 is 35.0 Å². The molecule has 13 heteroatoms. The van der Waals surface area contributed by atoms with Gasteiger partial charge >= 0.3 is 18.2 Å². The number of pyridine rings is 1. The first-order chi connectivity index (χ1) is 11.9. The van der Waals surface area contributed by atoms with Gasteiger partial charge in [-0.25, -0.2) is 9.55 Å². The zero-order valence-corrected chi connectivity index (χ0v) is 14.0. The minimum atomic E-state index is -5.11. The quantitative estimate of drug-likeness (QED) is 0.367. The van der Waals surface area contributed by atoms with Gasteiger partial charge in [-0.2, -0.15) is 31.3 Å². The Morgan fingerprint density at radius 1 is 0.962 bits per heavy atom. The van der Waals surface area contributed by atoms with Crippen molar-refractivity contribution in [2.45, 2.75) is 12.4 Å². The Bertz CT molecular complexity index is 1010. The van der Waals surface area contributed by atoms with Crippen molar-refractivity contribution in [3.63, 3.8) is 0 Å². The number of hydrogen-bond donors (Lipinski definition) is 1. The number of imidazole rings is 1. The van der Waals surface area contributed by atoms with Crippen molar-refractivity contribution >= 4 is 34.4 Å². The predicted molar refractivity (Wildman–Crippen MR) is 78.3 cm³/mol. The molecule has 26 heavy (non-hydrogen) atoms. The SMILES string of the molecule is C[n+]1c(C(F)(F)F)nc2nc(-c3ccc(Cl)nc3Cl)[nH]c2c1C(F)(F)F. The molecule has 138 valence electrons. The number of halogens is 8. The van der Waals surface area contributed by atoms with Crippen LogP contribution in [0.1, 0.15) is 11.5 Å². The summed E-state index contributed by atoms with van der Waals surface area (Å²) in [5, 5.41) is -0.166. The average Bonchev–Trinajstić information content (AvgIpc) is 2.86. The monoisotopic (exact) mass is 416 g/mol. The number of hydrogen-bond acceptors (Lipinski definition) is 3. The maximum atomic E-state index is 13.4. The van der Waals surface area contributed by atoms with E-state index in [9.17, 15) is 26.3 Å². The Morgan fingerprint density at radius 3 is 2.15 bits per heavy atom. The maximum absolute atomic E-state index is 13.4. The molecule has 3 aromatic heterocycles. The Morgan fingerprint density at radius 2 is 1.62 bits per heavy atom. The van der Waals surface area contributed by atoms with Crippen LogP contribution in [0.3, 0.4) is 0 Å². The highest BCUT2D eigenvalue weighted by Crippen LogP contribution is 2.35. The van der Waals surface area contributed by atoms with Gasteiger partial charge in [-0.05, 0) is 17.1 Å². The minimum absolute atomic E-state index is 0.0229. The van der Waals surface area contributed by atoms with E-state index in [4.69, 9.17) is 23.2 Å². The van der Waals surface area contributed by atoms with Gasteiger partial charge in [-0.1, -0.05) is 23.2 Å². The Labute approximate surface area is 150 Å². The molecule has 0 saturated carbocycles. The van der Waals surface area contributed by atoms with E-state index in [0.717, 1.165) is 0 Å². The van der Waals surface area contributed by atoms with Crippen molar-refractivity contribution in [3.8, 4) is 11.4 Å². The molecule has 1 N–H and O–H groups in total. The molecule has 3 rings (SSSR count). The molecule has 3 heterocycles. The summed E-state index contributed by atoms with van der Waals surface area (Å²) in [6.45, 7) is 0. The number of rotatable bonds is 1. The molecule has 0 bridgehead atoms. The first kappa shape index (κ1) is 18.6. The van der Waals surface area contributed by atoms with Crippen LogP contribution in [-0.4, -0.2) is 19.9 Å². The van der Waals surface area contributed by atoms with Crippen LogP contribution >= 0.6 is 23.2 Å². The number of H-pyrrole nitrogens is 1. The first-order valence-corrected chi connectivity index (χ1v) is 7.41. The van der Waals surface area contributed by atoms with Gasteiger partial charge < -0.3 is 4.98 Å². The molecule has 0 aromatic carbocycles. The molecule has 3 aromatic rings. The number of fused-ring (bicyclic) bond motifs is 1. The predicted octanol–water partition coefficient (Wildman–Crippen LogP) is 4.19. The third-order valence-electron chi connectivity index (χ3n) is 3.38. The molecule has 0 aliphatic rings. The van der Waals surface area contributed by atoms with Crippen molar-refractivity contribution in [1.29, 1.82) is 0 Å². The number of nitrogens with one attached hydrogen (secondary N) is 1. The van der Waals surface area contributed by atoms with E-state index in [2.05, 4.69) is 19.9 Å². The van der Waals surface area contributed by atoms with Gasteiger partial charge in [0.05, 0.1) is 12.6 Å². The van der Waals surface area contributed by atoms with E-state index in [0.29, 0.717) is 7.05 Å². The van der Waals surface area contributed by atoms with Crippen molar-refractivity contribution in [2.75, 3.05) is 0 Å². The summed E-state index contributed by atoms with van der Waals surface area (Å²) in [5.74, 6) is -1.97. The third kappa shape index (κ3) is 3.16. The van der Waals surface area contributed by atoms with Crippen LogP contribution in [0.2, 0.25) is 10.3 Å². The zero-order chi connectivity index (χ0) is 19.4. The molecule has 0 aliphatic carbocycles. The normalized spacial score (nSPS) is 12.8. The van der Waals surface area contributed by atoms with E-state index >= 15 is 0 Å². The molecule has 0 fully saturated rings. The highest BCUT2D eigenvalue weighted by atomic mass is 35.5. The van der Waals surface area contributed by atoms with Crippen LogP contribution in [-0.2, 0) is 19.4 Å². The summed E-state index contributed by atoms with van der Waals surface area (Å²) in [4.78, 5) is 13.0. The highest BCUT2D eigenvalue weighted by Gasteiger charge is 2.50. The fourth-order valence-electron chi connectivity index (χ4n) is 2.36. The summed E-state index contributed by atoms with van der Waals surface area (Å²) >= 11 is 11.5. The molecular formula is C13H6Cl2F6N5+. The smallest absolute Gasteiger partial charge is 0.331 e. The molecule has 5 nitrogen and oxygen atoms in total. The van der Waals surface area contributed by atoms with Gasteiger partial charge in [-0.15, -0.1) is 0 Å². The second-order valence-electron chi connectivity index (χ2n) is 5.09. The molecule has 0 amide bonds. The van der Waals surface area contributed by atoms with Crippen molar-refractivity contribution in [3.05, 3.63) is 34.0 Å². The van der Waals surface area contributed by atoms with Crippen molar-refractivity contribution in [1.82, 2.24) is 19.9 Å². The van der Waals surface area contributed by atoms with Crippen molar-refractivity contribution in [2.24, 2.45) is 7.05 Å². The van der Waals surface area contributed by atoms with Crippen LogP contribution in [0.5, 0.6) is 0 Å². The topological polar surface area (TPSA) is 58.3 Å². The highest BCUT2D eigenvalue weighted by molar-refractivity contribution is 6.34. The van der Waals surface area contributed by atoms with Crippen molar-refractivity contribution < 1.29 is 30.9 Å². The van der Waals surface area contributed by atoms with Gasteiger partial charge in [0.15, 0.2) is 5.52 Å². The Balaban J connectivity index is 2.36. The average molecular weight is 417 g/mol. The summed E-state index contributed by atoms with van der Waals surface area (Å²) in [6.07, 6.45) is -10.2. The lowest BCUT2D eigenvalue weighted by atomic mass is 10.3. The van der Waals surface area contributed by atoms with Crippen LogP contribution in [0.15, 0.2) is 12.1 Å². The number of nitrogens with zero attached hydrogens (tertiary/aromatic N) is 4. The van der Waals surface area contributed by atoms with Gasteiger partial charge in [0.2, 0.25) is 5.69 Å². The maximum Gasteiger partial charge on any atom is 0.499 e. The van der Waals surface area contributed by atoms with Crippen LogP contribution < -0.4 is 4.57 Å². The summed E-state index contributed by atoms with van der Waals surface area (Å²) in [5.41, 5.74) is -3.00. The van der Waals surface area contributed by atoms with E-state index in [1.165, 1.54) is 12.1 Å². The van der Waals surface area contributed by atoms with Crippen LogP contribution in [0, 0.1) is 0 Å². The number of alkyl halides is 6. The Kier molecular flexibility index (Phi) is 4.26. The molecule has 0 aliphatic heterocycles. The third-order valence-corrected chi connectivity index (χ3v) is 3.88. The number of aromatic nitrogens is 5. The van der Waals surface area contributed by atoms with Gasteiger partial charge in [-0.3, -0.25) is 0 Å². The Hall–Kier alpha value is -2.14. The largest absolute Gasteiger partial charge is 0.499 e. The minimum Gasteiger partial charge on any atom is -0.331 e. The van der Waals surface area contributed by atoms with Crippen LogP contribution in [0.4, 0.5) is 26.3 Å². The zero-order valence-electron chi connectivity index (χ0n) is 12.5. The van der Waals surface area contributed by atoms with Gasteiger partial charge in [0.1, 0.15) is 16.1 Å². The first-order valence-electron chi connectivity index (χ1n) is 6.66. The summed E-state index contributed by atoms with van der Waals surface area (Å²) in [6, 6.07) is 2.61. The molecule has 0 spiro atoms. The lowest BCUT2D eigenvalue weighted by Crippen LogP contribution is -2.46. The molecule has 0 saturated heterocycles. The summed E-state index contributed by atoms with van der Waals surface area (Å²) < 4.78 is 79.2. The van der Waals surface area contributed by atoms with Gasteiger partial charge in [0.25, 0.3) is 5.65 Å². The number of aromatic amines is 1. The lowest BCUT2D eigenvalue weighted by Gasteiger charge is -2.10. The lowest BCUT2D eigenvalue weighted by molar-refractivity contribution is -0.711. The fourth-order valence-corrected chi connectivity index (χ4v) is 2.80. The molecule has 0 unspecified atom stereocenters. The second kappa shape index (κ2) is 5.95. The van der Waals surface area contributed by atoms with Crippen LogP contribution in [0.25, 0.3) is 22.6 Å². The van der Waals surface area contributed by atoms with E-state index in [1.54, 1.807) is 0 Å². The van der Waals surface area contributed by atoms with E-state index in [1.807, 2.05) is 0 Å². The standard InChI is InChI=1S/C13H5Cl2F6N5/c1-26-7(12(16,17)18)6-10(25-11(26)13(19,20)21)24-9(23-6)4-2-3-5(14)22-8(4)15/h2-3H,1H3/p+1. The summed E-state index contributed by atoms with van der Waals surface area (Å²) in [7, 11) is 0.620. The molecular weight excluding hydrogens is 411 g/mol. The molecule has 0 radical (unpaired) electrons.